The summed E-state index contributed by atoms with van der Waals surface area (Å²) in [6.45, 7) is 1.02. The molecule has 27 heavy (non-hydrogen) atoms. The van der Waals surface area contributed by atoms with E-state index in [1.165, 1.54) is 4.31 Å². The molecular weight excluding hydrogens is 366 g/mol. The number of carbonyl (C=O) groups is 1. The molecule has 2 aromatic rings. The lowest BCUT2D eigenvalue weighted by atomic mass is 10.1. The molecule has 1 aromatic heterocycles. The van der Waals surface area contributed by atoms with Crippen LogP contribution in [0.15, 0.2) is 47.5 Å². The molecule has 4 rings (SSSR count). The van der Waals surface area contributed by atoms with E-state index >= 15 is 0 Å². The molecule has 1 amide bonds. The van der Waals surface area contributed by atoms with Crippen LogP contribution in [0.5, 0.6) is 5.75 Å². The van der Waals surface area contributed by atoms with Gasteiger partial charge in [0, 0.05) is 39.8 Å². The minimum atomic E-state index is -3.63. The third-order valence-corrected chi connectivity index (χ3v) is 7.43. The lowest BCUT2D eigenvalue weighted by molar-refractivity contribution is 0.0745. The molecule has 0 saturated carbocycles. The number of aryl methyl sites for hydroxylation is 1. The van der Waals surface area contributed by atoms with Gasteiger partial charge in [0.1, 0.15) is 22.4 Å². The van der Waals surface area contributed by atoms with Crippen molar-refractivity contribution in [2.24, 2.45) is 7.05 Å². The van der Waals surface area contributed by atoms with E-state index < -0.39 is 10.0 Å². The number of hydrogen-bond donors (Lipinski definition) is 0. The second-order valence-electron chi connectivity index (χ2n) is 7.07. The molecule has 2 aliphatic rings. The number of benzene rings is 1. The SMILES string of the molecule is CN1[C@H]2CCN(C(=O)c3cccn3C)CC[C@@H]2Oc2ccccc2S1(=O)=O. The summed E-state index contributed by atoms with van der Waals surface area (Å²) in [4.78, 5) is 14.8. The Bertz CT molecular complexity index is 969. The van der Waals surface area contributed by atoms with Gasteiger partial charge in [-0.05, 0) is 30.7 Å². The van der Waals surface area contributed by atoms with E-state index in [4.69, 9.17) is 4.74 Å². The number of sulfonamides is 1. The van der Waals surface area contributed by atoms with Crippen molar-refractivity contribution in [3.05, 3.63) is 48.3 Å². The topological polar surface area (TPSA) is 71.8 Å². The zero-order valence-corrected chi connectivity index (χ0v) is 16.2. The highest BCUT2D eigenvalue weighted by molar-refractivity contribution is 7.89. The summed E-state index contributed by atoms with van der Waals surface area (Å²) in [5, 5.41) is 0. The number of likely N-dealkylation sites (tertiary alicyclic amines) is 1. The highest BCUT2D eigenvalue weighted by Crippen LogP contribution is 2.35. The fourth-order valence-electron chi connectivity index (χ4n) is 3.92. The summed E-state index contributed by atoms with van der Waals surface area (Å²) in [6.07, 6.45) is 2.66. The second-order valence-corrected chi connectivity index (χ2v) is 9.03. The molecule has 7 nitrogen and oxygen atoms in total. The Balaban J connectivity index is 1.62. The largest absolute Gasteiger partial charge is 0.487 e. The number of fused-ring (bicyclic) bond motifs is 2. The first kappa shape index (κ1) is 18.1. The van der Waals surface area contributed by atoms with Gasteiger partial charge in [-0.2, -0.15) is 4.31 Å². The fourth-order valence-corrected chi connectivity index (χ4v) is 5.45. The molecule has 1 aromatic carbocycles. The van der Waals surface area contributed by atoms with Crippen LogP contribution in [0.2, 0.25) is 0 Å². The van der Waals surface area contributed by atoms with Crippen LogP contribution in [0.4, 0.5) is 0 Å². The molecule has 0 spiro atoms. The van der Waals surface area contributed by atoms with Crippen molar-refractivity contribution in [2.75, 3.05) is 20.1 Å². The predicted octanol–water partition coefficient (Wildman–Crippen LogP) is 1.71. The summed E-state index contributed by atoms with van der Waals surface area (Å²) in [7, 11) is -0.184. The Morgan fingerprint density at radius 1 is 1.07 bits per heavy atom. The summed E-state index contributed by atoms with van der Waals surface area (Å²) in [6, 6.07) is 10.1. The minimum Gasteiger partial charge on any atom is -0.487 e. The van der Waals surface area contributed by atoms with Gasteiger partial charge in [-0.1, -0.05) is 12.1 Å². The average Bonchev–Trinajstić information content (AvgIpc) is 2.94. The van der Waals surface area contributed by atoms with E-state index in [0.29, 0.717) is 37.4 Å². The monoisotopic (exact) mass is 389 g/mol. The van der Waals surface area contributed by atoms with E-state index in [9.17, 15) is 13.2 Å². The summed E-state index contributed by atoms with van der Waals surface area (Å²) >= 11 is 0. The van der Waals surface area contributed by atoms with Crippen LogP contribution in [-0.4, -0.2) is 60.4 Å². The predicted molar refractivity (Wildman–Crippen MR) is 100 cm³/mol. The van der Waals surface area contributed by atoms with Crippen LogP contribution in [0, 0.1) is 0 Å². The Labute approximate surface area is 159 Å². The van der Waals surface area contributed by atoms with Crippen molar-refractivity contribution in [3.8, 4) is 5.75 Å². The number of aromatic nitrogens is 1. The quantitative estimate of drug-likeness (QED) is 0.744. The first-order chi connectivity index (χ1) is 12.9. The zero-order chi connectivity index (χ0) is 19.2. The van der Waals surface area contributed by atoms with E-state index in [1.54, 1.807) is 46.8 Å². The van der Waals surface area contributed by atoms with Crippen LogP contribution in [0.3, 0.4) is 0 Å². The molecule has 144 valence electrons. The standard InChI is InChI=1S/C19H23N3O4S/c1-20-11-5-6-15(20)19(23)22-12-9-14-16(10-13-22)26-17-7-3-4-8-18(17)27(24,25)21(14)2/h3-8,11,14,16H,9-10,12-13H2,1-2H3/t14-,16-/m0/s1. The normalized spacial score (nSPS) is 24.9. The Kier molecular flexibility index (Phi) is 4.47. The maximum atomic E-state index is 13.0. The van der Waals surface area contributed by atoms with Gasteiger partial charge in [0.15, 0.2) is 0 Å². The van der Waals surface area contributed by atoms with Gasteiger partial charge in [0.25, 0.3) is 5.91 Å². The Hall–Kier alpha value is -2.32. The van der Waals surface area contributed by atoms with Crippen molar-refractivity contribution in [2.45, 2.75) is 29.9 Å². The molecule has 3 heterocycles. The lowest BCUT2D eigenvalue weighted by Crippen LogP contribution is -2.44. The number of nitrogens with zero attached hydrogens (tertiary/aromatic N) is 3. The summed E-state index contributed by atoms with van der Waals surface area (Å²) < 4.78 is 35.3. The third kappa shape index (κ3) is 3.02. The molecule has 0 bridgehead atoms. The number of ether oxygens (including phenoxy) is 1. The number of rotatable bonds is 1. The van der Waals surface area contributed by atoms with E-state index in [0.717, 1.165) is 0 Å². The van der Waals surface area contributed by atoms with E-state index in [2.05, 4.69) is 0 Å². The molecule has 0 aliphatic carbocycles. The second kappa shape index (κ2) is 6.69. The van der Waals surface area contributed by atoms with Crippen LogP contribution in [0.1, 0.15) is 23.3 Å². The van der Waals surface area contributed by atoms with Crippen LogP contribution < -0.4 is 4.74 Å². The van der Waals surface area contributed by atoms with Gasteiger partial charge < -0.3 is 14.2 Å². The molecule has 1 saturated heterocycles. The molecule has 0 radical (unpaired) electrons. The van der Waals surface area contributed by atoms with Gasteiger partial charge in [0.05, 0.1) is 6.04 Å². The smallest absolute Gasteiger partial charge is 0.270 e. The van der Waals surface area contributed by atoms with Gasteiger partial charge in [-0.3, -0.25) is 4.79 Å². The van der Waals surface area contributed by atoms with E-state index in [-0.39, 0.29) is 22.9 Å². The zero-order valence-electron chi connectivity index (χ0n) is 15.4. The minimum absolute atomic E-state index is 0.0372. The van der Waals surface area contributed by atoms with Crippen LogP contribution in [-0.2, 0) is 17.1 Å². The third-order valence-electron chi connectivity index (χ3n) is 5.51. The van der Waals surface area contributed by atoms with Gasteiger partial charge >= 0.3 is 0 Å². The van der Waals surface area contributed by atoms with E-state index in [1.807, 2.05) is 19.3 Å². The molecule has 1 fully saturated rings. The Morgan fingerprint density at radius 3 is 2.56 bits per heavy atom. The average molecular weight is 389 g/mol. The van der Waals surface area contributed by atoms with Crippen molar-refractivity contribution in [1.29, 1.82) is 0 Å². The van der Waals surface area contributed by atoms with Gasteiger partial charge in [-0.15, -0.1) is 0 Å². The molecule has 2 atom stereocenters. The maximum Gasteiger partial charge on any atom is 0.270 e. The molecule has 8 heteroatoms. The van der Waals surface area contributed by atoms with Crippen molar-refractivity contribution in [1.82, 2.24) is 13.8 Å². The summed E-state index contributed by atoms with van der Waals surface area (Å²) in [5.74, 6) is 0.351. The van der Waals surface area contributed by atoms with Crippen molar-refractivity contribution >= 4 is 15.9 Å². The van der Waals surface area contributed by atoms with Crippen molar-refractivity contribution < 1.29 is 17.9 Å². The lowest BCUT2D eigenvalue weighted by Gasteiger charge is -2.28. The number of hydrogen-bond acceptors (Lipinski definition) is 4. The highest BCUT2D eigenvalue weighted by Gasteiger charge is 2.41. The van der Waals surface area contributed by atoms with Crippen molar-refractivity contribution in [3.63, 3.8) is 0 Å². The van der Waals surface area contributed by atoms with Crippen LogP contribution in [0.25, 0.3) is 0 Å². The molecule has 0 unspecified atom stereocenters. The first-order valence-corrected chi connectivity index (χ1v) is 10.5. The first-order valence-electron chi connectivity index (χ1n) is 9.04. The number of carbonyl (C=O) groups excluding carboxylic acids is 1. The number of amides is 1. The molecule has 0 N–H and O–H groups in total. The number of para-hydroxylation sites is 1. The Morgan fingerprint density at radius 2 is 1.81 bits per heavy atom. The van der Waals surface area contributed by atoms with Gasteiger partial charge in [0.2, 0.25) is 10.0 Å². The fraction of sp³-hybridized carbons (Fsp3) is 0.421. The highest BCUT2D eigenvalue weighted by atomic mass is 32.2. The molecular formula is C19H23N3O4S. The maximum absolute atomic E-state index is 13.0. The van der Waals surface area contributed by atoms with Gasteiger partial charge in [-0.25, -0.2) is 8.42 Å². The number of likely N-dealkylation sites (N-methyl/N-ethyl adjacent to an activating group) is 1. The van der Waals surface area contributed by atoms with Crippen LogP contribution >= 0.6 is 0 Å². The summed E-state index contributed by atoms with van der Waals surface area (Å²) in [5.41, 5.74) is 0.629. The molecule has 2 aliphatic heterocycles.